The number of rotatable bonds is 4. The number of piperidine rings is 1. The van der Waals surface area contributed by atoms with Crippen molar-refractivity contribution < 1.29 is 0 Å². The zero-order valence-corrected chi connectivity index (χ0v) is 10.5. The standard InChI is InChI=1S/C13H24ClN/c14-9-3-4-10-15-11-5-7-12-6-1-2-8-13(12)15/h12-13H,1-11H2/t12-,13-/m1/s1. The van der Waals surface area contributed by atoms with Gasteiger partial charge in [0.2, 0.25) is 0 Å². The van der Waals surface area contributed by atoms with Crippen molar-refractivity contribution in [2.24, 2.45) is 5.92 Å². The van der Waals surface area contributed by atoms with E-state index in [9.17, 15) is 0 Å². The Morgan fingerprint density at radius 2 is 1.80 bits per heavy atom. The average Bonchev–Trinajstić information content (AvgIpc) is 2.30. The van der Waals surface area contributed by atoms with Crippen molar-refractivity contribution in [1.82, 2.24) is 4.90 Å². The summed E-state index contributed by atoms with van der Waals surface area (Å²) in [5.41, 5.74) is 0. The summed E-state index contributed by atoms with van der Waals surface area (Å²) < 4.78 is 0. The topological polar surface area (TPSA) is 3.24 Å². The summed E-state index contributed by atoms with van der Waals surface area (Å²) in [5.74, 6) is 1.87. The molecule has 1 aliphatic carbocycles. The molecule has 2 fully saturated rings. The van der Waals surface area contributed by atoms with Gasteiger partial charge in [-0.1, -0.05) is 12.8 Å². The molecule has 15 heavy (non-hydrogen) atoms. The quantitative estimate of drug-likeness (QED) is 0.525. The van der Waals surface area contributed by atoms with Gasteiger partial charge in [-0.25, -0.2) is 0 Å². The van der Waals surface area contributed by atoms with Gasteiger partial charge < -0.3 is 4.90 Å². The van der Waals surface area contributed by atoms with Crippen molar-refractivity contribution in [1.29, 1.82) is 0 Å². The van der Waals surface area contributed by atoms with Crippen LogP contribution in [0, 0.1) is 5.92 Å². The molecule has 1 saturated carbocycles. The minimum Gasteiger partial charge on any atom is -0.300 e. The molecule has 0 N–H and O–H groups in total. The molecule has 1 heterocycles. The van der Waals surface area contributed by atoms with Crippen molar-refractivity contribution in [3.63, 3.8) is 0 Å². The summed E-state index contributed by atoms with van der Waals surface area (Å²) in [6.45, 7) is 2.65. The lowest BCUT2D eigenvalue weighted by Crippen LogP contribution is -2.47. The van der Waals surface area contributed by atoms with E-state index in [-0.39, 0.29) is 0 Å². The molecule has 2 rings (SSSR count). The molecule has 1 nitrogen and oxygen atoms in total. The van der Waals surface area contributed by atoms with Crippen LogP contribution in [0.25, 0.3) is 0 Å². The lowest BCUT2D eigenvalue weighted by Gasteiger charge is -2.44. The highest BCUT2D eigenvalue weighted by molar-refractivity contribution is 6.17. The molecule has 0 aromatic heterocycles. The van der Waals surface area contributed by atoms with Crippen LogP contribution < -0.4 is 0 Å². The fourth-order valence-corrected chi connectivity index (χ4v) is 3.60. The molecule has 0 bridgehead atoms. The first-order valence-corrected chi connectivity index (χ1v) is 7.25. The van der Waals surface area contributed by atoms with Crippen LogP contribution in [0.5, 0.6) is 0 Å². The van der Waals surface area contributed by atoms with Crippen LogP contribution in [-0.4, -0.2) is 29.9 Å². The lowest BCUT2D eigenvalue weighted by atomic mass is 9.78. The normalized spacial score (nSPS) is 32.6. The predicted molar refractivity (Wildman–Crippen MR) is 66.5 cm³/mol. The van der Waals surface area contributed by atoms with Crippen LogP contribution >= 0.6 is 11.6 Å². The fraction of sp³-hybridized carbons (Fsp3) is 1.00. The summed E-state index contributed by atoms with van der Waals surface area (Å²) in [6.07, 6.45) is 11.3. The zero-order valence-electron chi connectivity index (χ0n) is 9.76. The molecular weight excluding hydrogens is 206 g/mol. The maximum absolute atomic E-state index is 5.74. The van der Waals surface area contributed by atoms with Crippen LogP contribution in [0.1, 0.15) is 51.4 Å². The van der Waals surface area contributed by atoms with Crippen LogP contribution in [0.15, 0.2) is 0 Å². The van der Waals surface area contributed by atoms with E-state index in [4.69, 9.17) is 11.6 Å². The lowest BCUT2D eigenvalue weighted by molar-refractivity contribution is 0.0600. The Morgan fingerprint density at radius 1 is 1.00 bits per heavy atom. The third-order valence-corrected chi connectivity index (χ3v) is 4.45. The maximum atomic E-state index is 5.74. The second kappa shape index (κ2) is 6.10. The summed E-state index contributed by atoms with van der Waals surface area (Å²) >= 11 is 5.74. The minimum atomic E-state index is 0.835. The van der Waals surface area contributed by atoms with Gasteiger partial charge in [0, 0.05) is 11.9 Å². The molecular formula is C13H24ClN. The molecule has 0 unspecified atom stereocenters. The number of likely N-dealkylation sites (tertiary alicyclic amines) is 1. The van der Waals surface area contributed by atoms with E-state index in [0.717, 1.165) is 17.8 Å². The van der Waals surface area contributed by atoms with Gasteiger partial charge in [0.1, 0.15) is 0 Å². The van der Waals surface area contributed by atoms with Gasteiger partial charge in [0.05, 0.1) is 0 Å². The van der Waals surface area contributed by atoms with E-state index >= 15 is 0 Å². The molecule has 1 aliphatic heterocycles. The van der Waals surface area contributed by atoms with E-state index in [0.29, 0.717) is 0 Å². The third kappa shape index (κ3) is 3.10. The number of hydrogen-bond donors (Lipinski definition) is 0. The molecule has 2 aliphatic rings. The Hall–Kier alpha value is 0.250. The van der Waals surface area contributed by atoms with Crippen molar-refractivity contribution in [3.8, 4) is 0 Å². The molecule has 0 aromatic rings. The number of fused-ring (bicyclic) bond motifs is 1. The van der Waals surface area contributed by atoms with E-state index in [1.54, 1.807) is 0 Å². The highest BCUT2D eigenvalue weighted by Crippen LogP contribution is 2.35. The number of unbranched alkanes of at least 4 members (excludes halogenated alkanes) is 1. The highest BCUT2D eigenvalue weighted by Gasteiger charge is 2.32. The molecule has 88 valence electrons. The van der Waals surface area contributed by atoms with Gasteiger partial charge in [-0.2, -0.15) is 0 Å². The summed E-state index contributed by atoms with van der Waals surface area (Å²) in [4.78, 5) is 2.76. The van der Waals surface area contributed by atoms with E-state index in [1.807, 2.05) is 0 Å². The number of halogens is 1. The Kier molecular flexibility index (Phi) is 4.77. The third-order valence-electron chi connectivity index (χ3n) is 4.19. The second-order valence-corrected chi connectivity index (χ2v) is 5.56. The molecule has 0 radical (unpaired) electrons. The predicted octanol–water partition coefficient (Wildman–Crippen LogP) is 3.66. The molecule has 0 aromatic carbocycles. The zero-order chi connectivity index (χ0) is 10.5. The Bertz CT molecular complexity index is 181. The molecule has 2 atom stereocenters. The first-order chi connectivity index (χ1) is 7.42. The van der Waals surface area contributed by atoms with Crippen molar-refractivity contribution >= 4 is 11.6 Å². The van der Waals surface area contributed by atoms with Gasteiger partial charge in [-0.3, -0.25) is 0 Å². The fourth-order valence-electron chi connectivity index (χ4n) is 3.41. The van der Waals surface area contributed by atoms with Crippen LogP contribution in [-0.2, 0) is 0 Å². The van der Waals surface area contributed by atoms with Crippen molar-refractivity contribution in [2.75, 3.05) is 19.0 Å². The molecule has 2 heteroatoms. The summed E-state index contributed by atoms with van der Waals surface area (Å²) in [5, 5.41) is 0. The van der Waals surface area contributed by atoms with Crippen LogP contribution in [0.4, 0.5) is 0 Å². The molecule has 0 spiro atoms. The first kappa shape index (κ1) is 11.7. The summed E-state index contributed by atoms with van der Waals surface area (Å²) in [6, 6.07) is 0.933. The molecule has 1 saturated heterocycles. The summed E-state index contributed by atoms with van der Waals surface area (Å²) in [7, 11) is 0. The van der Waals surface area contributed by atoms with E-state index < -0.39 is 0 Å². The number of hydrogen-bond acceptors (Lipinski definition) is 1. The van der Waals surface area contributed by atoms with Crippen LogP contribution in [0.3, 0.4) is 0 Å². The largest absolute Gasteiger partial charge is 0.300 e. The van der Waals surface area contributed by atoms with Gasteiger partial charge in [0.15, 0.2) is 0 Å². The second-order valence-electron chi connectivity index (χ2n) is 5.19. The van der Waals surface area contributed by atoms with Gasteiger partial charge >= 0.3 is 0 Å². The van der Waals surface area contributed by atoms with Gasteiger partial charge in [-0.15, -0.1) is 11.6 Å². The maximum Gasteiger partial charge on any atom is 0.0223 e. The van der Waals surface area contributed by atoms with E-state index in [1.165, 1.54) is 64.5 Å². The Balaban J connectivity index is 1.81. The Labute approximate surface area is 99.2 Å². The Morgan fingerprint density at radius 3 is 2.67 bits per heavy atom. The SMILES string of the molecule is ClCCCCN1CCC[C@H]2CCCC[C@H]21. The van der Waals surface area contributed by atoms with Crippen LogP contribution in [0.2, 0.25) is 0 Å². The number of alkyl halides is 1. The monoisotopic (exact) mass is 229 g/mol. The van der Waals surface area contributed by atoms with Crippen molar-refractivity contribution in [3.05, 3.63) is 0 Å². The minimum absolute atomic E-state index is 0.835. The first-order valence-electron chi connectivity index (χ1n) is 6.72. The van der Waals surface area contributed by atoms with Gasteiger partial charge in [0.25, 0.3) is 0 Å². The van der Waals surface area contributed by atoms with E-state index in [2.05, 4.69) is 4.90 Å². The van der Waals surface area contributed by atoms with Gasteiger partial charge in [-0.05, 0) is 57.5 Å². The smallest absolute Gasteiger partial charge is 0.0223 e. The number of nitrogens with zero attached hydrogens (tertiary/aromatic N) is 1. The highest BCUT2D eigenvalue weighted by atomic mass is 35.5. The molecule has 0 amide bonds. The van der Waals surface area contributed by atoms with Crippen molar-refractivity contribution in [2.45, 2.75) is 57.4 Å². The average molecular weight is 230 g/mol.